The fourth-order valence-electron chi connectivity index (χ4n) is 2.58. The van der Waals surface area contributed by atoms with Crippen LogP contribution in [0.15, 0.2) is 59.5 Å². The summed E-state index contributed by atoms with van der Waals surface area (Å²) in [5.74, 6) is 0.605. The minimum absolute atomic E-state index is 0.196. The second-order valence-electron chi connectivity index (χ2n) is 6.50. The molecular formula is C20H21N3O4S. The quantitative estimate of drug-likeness (QED) is 0.688. The molecule has 8 heteroatoms. The van der Waals surface area contributed by atoms with E-state index in [9.17, 15) is 13.2 Å². The van der Waals surface area contributed by atoms with Gasteiger partial charge in [-0.3, -0.25) is 4.79 Å². The highest BCUT2D eigenvalue weighted by Crippen LogP contribution is 2.18. The molecule has 28 heavy (non-hydrogen) atoms. The number of amides is 1. The molecule has 0 unspecified atom stereocenters. The predicted octanol–water partition coefficient (Wildman–Crippen LogP) is 2.91. The lowest BCUT2D eigenvalue weighted by Crippen LogP contribution is -2.21. The zero-order valence-electron chi connectivity index (χ0n) is 15.8. The summed E-state index contributed by atoms with van der Waals surface area (Å²) in [4.78, 5) is 12.5. The fourth-order valence-corrected chi connectivity index (χ4v) is 3.21. The summed E-state index contributed by atoms with van der Waals surface area (Å²) < 4.78 is 30.0. The van der Waals surface area contributed by atoms with Crippen LogP contribution in [0.4, 0.5) is 5.82 Å². The number of anilines is 1. The third kappa shape index (κ3) is 4.77. The van der Waals surface area contributed by atoms with Crippen LogP contribution < -0.4 is 10.1 Å². The molecule has 0 spiro atoms. The van der Waals surface area contributed by atoms with Gasteiger partial charge >= 0.3 is 0 Å². The van der Waals surface area contributed by atoms with Crippen molar-refractivity contribution in [1.82, 2.24) is 9.78 Å². The number of aromatic nitrogens is 2. The molecule has 3 aromatic rings. The van der Waals surface area contributed by atoms with Crippen LogP contribution in [0.1, 0.15) is 11.3 Å². The number of carbonyl (C=O) groups is 1. The molecule has 0 bridgehead atoms. The number of rotatable bonds is 6. The van der Waals surface area contributed by atoms with Crippen molar-refractivity contribution < 1.29 is 17.9 Å². The topological polar surface area (TPSA) is 90.3 Å². The Hall–Kier alpha value is -3.13. The molecule has 3 rings (SSSR count). The molecule has 0 aliphatic heterocycles. The zero-order valence-corrected chi connectivity index (χ0v) is 16.7. The second kappa shape index (κ2) is 7.85. The van der Waals surface area contributed by atoms with Crippen molar-refractivity contribution in [2.75, 3.05) is 18.2 Å². The Morgan fingerprint density at radius 3 is 2.32 bits per heavy atom. The first kappa shape index (κ1) is 19.6. The lowest BCUT2D eigenvalue weighted by atomic mass is 10.2. The average molecular weight is 399 g/mol. The molecule has 0 atom stereocenters. The van der Waals surface area contributed by atoms with Gasteiger partial charge in [0.2, 0.25) is 0 Å². The van der Waals surface area contributed by atoms with E-state index in [4.69, 9.17) is 4.74 Å². The summed E-state index contributed by atoms with van der Waals surface area (Å²) in [6.07, 6.45) is 1.13. The van der Waals surface area contributed by atoms with Crippen molar-refractivity contribution in [1.29, 1.82) is 0 Å². The summed E-state index contributed by atoms with van der Waals surface area (Å²) >= 11 is 0. The van der Waals surface area contributed by atoms with Crippen molar-refractivity contribution in [3.63, 3.8) is 0 Å². The molecule has 0 fully saturated rings. The van der Waals surface area contributed by atoms with E-state index < -0.39 is 9.84 Å². The van der Waals surface area contributed by atoms with Crippen molar-refractivity contribution in [2.24, 2.45) is 0 Å². The lowest BCUT2D eigenvalue weighted by Gasteiger charge is -2.10. The van der Waals surface area contributed by atoms with Crippen LogP contribution in [0.25, 0.3) is 5.69 Å². The molecule has 0 saturated carbocycles. The van der Waals surface area contributed by atoms with E-state index in [1.807, 2.05) is 38.1 Å². The Bertz CT molecular complexity index is 1090. The normalized spacial score (nSPS) is 11.2. The van der Waals surface area contributed by atoms with E-state index in [0.29, 0.717) is 11.6 Å². The van der Waals surface area contributed by atoms with Crippen LogP contribution in [0.2, 0.25) is 0 Å². The summed E-state index contributed by atoms with van der Waals surface area (Å²) in [5, 5.41) is 7.21. The number of hydrogen-bond donors (Lipinski definition) is 1. The molecular weight excluding hydrogens is 378 g/mol. The third-order valence-corrected chi connectivity index (χ3v) is 5.13. The van der Waals surface area contributed by atoms with Crippen LogP contribution in [0.5, 0.6) is 5.75 Å². The number of aryl methyl sites for hydroxylation is 2. The minimum atomic E-state index is -3.27. The molecule has 146 valence electrons. The summed E-state index contributed by atoms with van der Waals surface area (Å²) in [7, 11) is -3.27. The van der Waals surface area contributed by atoms with E-state index in [2.05, 4.69) is 10.4 Å². The molecule has 7 nitrogen and oxygen atoms in total. The van der Waals surface area contributed by atoms with E-state index in [1.165, 1.54) is 24.3 Å². The van der Waals surface area contributed by atoms with Gasteiger partial charge in [-0.25, -0.2) is 13.1 Å². The second-order valence-corrected chi connectivity index (χ2v) is 8.51. The molecule has 0 radical (unpaired) electrons. The molecule has 2 aromatic carbocycles. The number of carbonyl (C=O) groups excluding carboxylic acids is 1. The Balaban J connectivity index is 1.66. The molecule has 0 aliphatic carbocycles. The Morgan fingerprint density at radius 2 is 1.71 bits per heavy atom. The number of nitrogens with one attached hydrogen (secondary N) is 1. The first-order chi connectivity index (χ1) is 13.2. The lowest BCUT2D eigenvalue weighted by molar-refractivity contribution is -0.118. The van der Waals surface area contributed by atoms with Crippen LogP contribution in [-0.2, 0) is 14.6 Å². The van der Waals surface area contributed by atoms with Gasteiger partial charge in [-0.1, -0.05) is 17.7 Å². The van der Waals surface area contributed by atoms with Gasteiger partial charge in [0, 0.05) is 12.3 Å². The Labute approximate surface area is 163 Å². The highest BCUT2D eigenvalue weighted by Gasteiger charge is 2.12. The number of benzene rings is 2. The predicted molar refractivity (Wildman–Crippen MR) is 107 cm³/mol. The van der Waals surface area contributed by atoms with Crippen molar-refractivity contribution in [2.45, 2.75) is 18.7 Å². The van der Waals surface area contributed by atoms with Crippen LogP contribution in [-0.4, -0.2) is 37.0 Å². The summed E-state index contributed by atoms with van der Waals surface area (Å²) in [6, 6.07) is 15.5. The van der Waals surface area contributed by atoms with Gasteiger partial charge in [-0.05, 0) is 50.2 Å². The van der Waals surface area contributed by atoms with Gasteiger partial charge in [-0.2, -0.15) is 5.10 Å². The van der Waals surface area contributed by atoms with Gasteiger partial charge in [0.15, 0.2) is 16.4 Å². The highest BCUT2D eigenvalue weighted by molar-refractivity contribution is 7.90. The average Bonchev–Trinajstić information content (AvgIpc) is 3.00. The van der Waals surface area contributed by atoms with Gasteiger partial charge in [0.25, 0.3) is 5.91 Å². The van der Waals surface area contributed by atoms with Crippen LogP contribution in [0.3, 0.4) is 0 Å². The maximum absolute atomic E-state index is 12.3. The third-order valence-electron chi connectivity index (χ3n) is 4.00. The minimum Gasteiger partial charge on any atom is -0.484 e. The van der Waals surface area contributed by atoms with E-state index >= 15 is 0 Å². The zero-order chi connectivity index (χ0) is 20.3. The molecule has 1 heterocycles. The SMILES string of the molecule is Cc1ccc(-n2nc(C)cc2NC(=O)COc2ccc(S(C)(=O)=O)cc2)cc1. The maximum Gasteiger partial charge on any atom is 0.263 e. The molecule has 1 N–H and O–H groups in total. The van der Waals surface area contributed by atoms with Gasteiger partial charge < -0.3 is 10.1 Å². The highest BCUT2D eigenvalue weighted by atomic mass is 32.2. The van der Waals surface area contributed by atoms with Crippen LogP contribution in [0, 0.1) is 13.8 Å². The van der Waals surface area contributed by atoms with Gasteiger partial charge in [0.05, 0.1) is 16.3 Å². The fraction of sp³-hybridized carbons (Fsp3) is 0.200. The number of hydrogen-bond acceptors (Lipinski definition) is 5. The van der Waals surface area contributed by atoms with Gasteiger partial charge in [-0.15, -0.1) is 0 Å². The standard InChI is InChI=1S/C20H21N3O4S/c1-14-4-6-16(7-5-14)23-19(12-15(2)22-23)21-20(24)13-27-17-8-10-18(11-9-17)28(3,25)26/h4-12H,13H2,1-3H3,(H,21,24). The monoisotopic (exact) mass is 399 g/mol. The Morgan fingerprint density at radius 1 is 1.07 bits per heavy atom. The first-order valence-electron chi connectivity index (χ1n) is 8.59. The largest absolute Gasteiger partial charge is 0.484 e. The molecule has 1 amide bonds. The Kier molecular flexibility index (Phi) is 5.51. The summed E-state index contributed by atoms with van der Waals surface area (Å²) in [5.41, 5.74) is 2.74. The van der Waals surface area contributed by atoms with Crippen LogP contribution >= 0.6 is 0 Å². The van der Waals surface area contributed by atoms with E-state index in [1.54, 1.807) is 10.7 Å². The van der Waals surface area contributed by atoms with E-state index in [-0.39, 0.29) is 17.4 Å². The summed E-state index contributed by atoms with van der Waals surface area (Å²) in [6.45, 7) is 3.64. The number of nitrogens with zero attached hydrogens (tertiary/aromatic N) is 2. The van der Waals surface area contributed by atoms with Crippen molar-refractivity contribution in [3.05, 3.63) is 65.9 Å². The van der Waals surface area contributed by atoms with Crippen molar-refractivity contribution >= 4 is 21.6 Å². The van der Waals surface area contributed by atoms with Crippen molar-refractivity contribution in [3.8, 4) is 11.4 Å². The smallest absolute Gasteiger partial charge is 0.263 e. The maximum atomic E-state index is 12.3. The molecule has 0 aliphatic rings. The van der Waals surface area contributed by atoms with E-state index in [0.717, 1.165) is 23.2 Å². The first-order valence-corrected chi connectivity index (χ1v) is 10.5. The van der Waals surface area contributed by atoms with Gasteiger partial charge in [0.1, 0.15) is 11.6 Å². The number of ether oxygens (including phenoxy) is 1. The molecule has 0 saturated heterocycles. The number of sulfone groups is 1. The molecule has 1 aromatic heterocycles.